The van der Waals surface area contributed by atoms with E-state index in [2.05, 4.69) is 5.32 Å². The average Bonchev–Trinajstić information content (AvgIpc) is 2.44. The highest BCUT2D eigenvalue weighted by atomic mass is 16.5. The number of aryl methyl sites for hydroxylation is 1. The molecule has 1 aromatic rings. The largest absolute Gasteiger partial charge is 0.481 e. The summed E-state index contributed by atoms with van der Waals surface area (Å²) in [5, 5.41) is 2.90. The van der Waals surface area contributed by atoms with Crippen molar-refractivity contribution < 1.29 is 14.3 Å². The Morgan fingerprint density at radius 3 is 2.71 bits per heavy atom. The molecule has 4 heteroatoms. The standard InChI is InChI=1S/C17H27NO3/c1-5-16(21-15-9-6-8-14(4)12-15)17(19)18-10-7-11-20-13(2)3/h6,8-9,12-13,16H,5,7,10-11H2,1-4H3,(H,18,19)/t16-/m0/s1. The molecule has 0 saturated heterocycles. The Kier molecular flexibility index (Phi) is 7.83. The fourth-order valence-corrected chi connectivity index (χ4v) is 1.89. The summed E-state index contributed by atoms with van der Waals surface area (Å²) in [6.07, 6.45) is 1.24. The Labute approximate surface area is 127 Å². The van der Waals surface area contributed by atoms with E-state index in [-0.39, 0.29) is 12.0 Å². The van der Waals surface area contributed by atoms with Gasteiger partial charge in [-0.25, -0.2) is 0 Å². The number of ether oxygens (including phenoxy) is 2. The Balaban J connectivity index is 2.36. The predicted molar refractivity (Wildman–Crippen MR) is 84.6 cm³/mol. The summed E-state index contributed by atoms with van der Waals surface area (Å²) < 4.78 is 11.2. The normalized spacial score (nSPS) is 12.2. The van der Waals surface area contributed by atoms with Gasteiger partial charge in [0.05, 0.1) is 6.10 Å². The molecule has 1 atom stereocenters. The summed E-state index contributed by atoms with van der Waals surface area (Å²) >= 11 is 0. The van der Waals surface area contributed by atoms with E-state index in [4.69, 9.17) is 9.47 Å². The molecule has 0 aliphatic heterocycles. The molecule has 1 N–H and O–H groups in total. The lowest BCUT2D eigenvalue weighted by molar-refractivity contribution is -0.128. The first kappa shape index (κ1) is 17.5. The van der Waals surface area contributed by atoms with Crippen LogP contribution in [0.3, 0.4) is 0 Å². The second-order valence-electron chi connectivity index (χ2n) is 5.40. The van der Waals surface area contributed by atoms with Gasteiger partial charge in [0.1, 0.15) is 5.75 Å². The Morgan fingerprint density at radius 2 is 2.10 bits per heavy atom. The summed E-state index contributed by atoms with van der Waals surface area (Å²) in [6, 6.07) is 7.74. The lowest BCUT2D eigenvalue weighted by Gasteiger charge is -2.17. The second-order valence-corrected chi connectivity index (χ2v) is 5.40. The van der Waals surface area contributed by atoms with Crippen LogP contribution in [0.1, 0.15) is 39.2 Å². The van der Waals surface area contributed by atoms with Gasteiger partial charge in [-0.2, -0.15) is 0 Å². The molecule has 0 bridgehead atoms. The minimum Gasteiger partial charge on any atom is -0.481 e. The van der Waals surface area contributed by atoms with Crippen LogP contribution >= 0.6 is 0 Å². The van der Waals surface area contributed by atoms with Crippen molar-refractivity contribution in [3.63, 3.8) is 0 Å². The first-order valence-electron chi connectivity index (χ1n) is 7.65. The summed E-state index contributed by atoms with van der Waals surface area (Å²) in [5.41, 5.74) is 1.12. The van der Waals surface area contributed by atoms with Gasteiger partial charge in [-0.05, 0) is 51.3 Å². The molecule has 118 valence electrons. The van der Waals surface area contributed by atoms with Gasteiger partial charge in [0, 0.05) is 13.2 Å². The third kappa shape index (κ3) is 7.14. The molecule has 1 aromatic carbocycles. The fourth-order valence-electron chi connectivity index (χ4n) is 1.89. The van der Waals surface area contributed by atoms with Crippen molar-refractivity contribution in [1.82, 2.24) is 5.32 Å². The highest BCUT2D eigenvalue weighted by Gasteiger charge is 2.17. The summed E-state index contributed by atoms with van der Waals surface area (Å²) in [6.45, 7) is 9.22. The highest BCUT2D eigenvalue weighted by Crippen LogP contribution is 2.15. The van der Waals surface area contributed by atoms with Crippen LogP contribution in [0.15, 0.2) is 24.3 Å². The molecule has 0 heterocycles. The summed E-state index contributed by atoms with van der Waals surface area (Å²) in [4.78, 5) is 12.1. The number of amides is 1. The molecule has 4 nitrogen and oxygen atoms in total. The molecule has 0 aliphatic rings. The Morgan fingerprint density at radius 1 is 1.33 bits per heavy atom. The van der Waals surface area contributed by atoms with E-state index in [1.54, 1.807) is 0 Å². The van der Waals surface area contributed by atoms with Crippen molar-refractivity contribution in [2.75, 3.05) is 13.2 Å². The second kappa shape index (κ2) is 9.40. The van der Waals surface area contributed by atoms with Crippen LogP contribution in [0.5, 0.6) is 5.75 Å². The van der Waals surface area contributed by atoms with Crippen molar-refractivity contribution in [2.45, 2.75) is 52.7 Å². The quantitative estimate of drug-likeness (QED) is 0.712. The SMILES string of the molecule is CC[C@H](Oc1cccc(C)c1)C(=O)NCCCOC(C)C. The van der Waals surface area contributed by atoms with Gasteiger partial charge < -0.3 is 14.8 Å². The molecule has 0 fully saturated rings. The number of hydrogen-bond donors (Lipinski definition) is 1. The summed E-state index contributed by atoms with van der Waals surface area (Å²) in [7, 11) is 0. The zero-order valence-electron chi connectivity index (χ0n) is 13.5. The van der Waals surface area contributed by atoms with Crippen molar-refractivity contribution in [3.05, 3.63) is 29.8 Å². The van der Waals surface area contributed by atoms with Crippen molar-refractivity contribution in [3.8, 4) is 5.75 Å². The van der Waals surface area contributed by atoms with Crippen molar-refractivity contribution in [1.29, 1.82) is 0 Å². The third-order valence-corrected chi connectivity index (χ3v) is 3.00. The number of benzene rings is 1. The van der Waals surface area contributed by atoms with Gasteiger partial charge in [0.15, 0.2) is 6.10 Å². The molecule has 0 saturated carbocycles. The summed E-state index contributed by atoms with van der Waals surface area (Å²) in [5.74, 6) is 0.670. The topological polar surface area (TPSA) is 47.6 Å². The van der Waals surface area contributed by atoms with Crippen molar-refractivity contribution >= 4 is 5.91 Å². The number of carbonyl (C=O) groups excluding carboxylic acids is 1. The first-order chi connectivity index (χ1) is 10.0. The average molecular weight is 293 g/mol. The van der Waals surface area contributed by atoms with Crippen LogP contribution in [-0.2, 0) is 9.53 Å². The van der Waals surface area contributed by atoms with E-state index in [1.165, 1.54) is 0 Å². The zero-order valence-corrected chi connectivity index (χ0v) is 13.5. The molecular formula is C17H27NO3. The van der Waals surface area contributed by atoms with E-state index in [1.807, 2.05) is 52.0 Å². The molecule has 0 spiro atoms. The van der Waals surface area contributed by atoms with Gasteiger partial charge in [0.2, 0.25) is 0 Å². The van der Waals surface area contributed by atoms with Crippen LogP contribution in [0.2, 0.25) is 0 Å². The Hall–Kier alpha value is -1.55. The van der Waals surface area contributed by atoms with E-state index < -0.39 is 6.10 Å². The van der Waals surface area contributed by atoms with Crippen molar-refractivity contribution in [2.24, 2.45) is 0 Å². The molecule has 1 rings (SSSR count). The van der Waals surface area contributed by atoms with Gasteiger partial charge >= 0.3 is 0 Å². The van der Waals surface area contributed by atoms with Crippen LogP contribution in [-0.4, -0.2) is 31.3 Å². The number of carbonyl (C=O) groups is 1. The van der Waals surface area contributed by atoms with Crippen LogP contribution in [0.4, 0.5) is 0 Å². The number of nitrogens with one attached hydrogen (secondary N) is 1. The Bertz CT molecular complexity index is 432. The van der Waals surface area contributed by atoms with Gasteiger partial charge in [0.25, 0.3) is 5.91 Å². The van der Waals surface area contributed by atoms with E-state index in [9.17, 15) is 4.79 Å². The van der Waals surface area contributed by atoms with E-state index in [0.29, 0.717) is 19.6 Å². The minimum absolute atomic E-state index is 0.0662. The van der Waals surface area contributed by atoms with Gasteiger partial charge in [-0.15, -0.1) is 0 Å². The monoisotopic (exact) mass is 293 g/mol. The van der Waals surface area contributed by atoms with Gasteiger partial charge in [-0.3, -0.25) is 4.79 Å². The van der Waals surface area contributed by atoms with Crippen LogP contribution < -0.4 is 10.1 Å². The molecular weight excluding hydrogens is 266 g/mol. The smallest absolute Gasteiger partial charge is 0.261 e. The minimum atomic E-state index is -0.446. The van der Waals surface area contributed by atoms with Gasteiger partial charge in [-0.1, -0.05) is 19.1 Å². The molecule has 1 amide bonds. The lowest BCUT2D eigenvalue weighted by atomic mass is 10.2. The van der Waals surface area contributed by atoms with E-state index >= 15 is 0 Å². The maximum absolute atomic E-state index is 12.1. The lowest BCUT2D eigenvalue weighted by Crippen LogP contribution is -2.38. The van der Waals surface area contributed by atoms with E-state index in [0.717, 1.165) is 17.7 Å². The highest BCUT2D eigenvalue weighted by molar-refractivity contribution is 5.81. The molecule has 21 heavy (non-hydrogen) atoms. The molecule has 0 radical (unpaired) electrons. The fraction of sp³-hybridized carbons (Fsp3) is 0.588. The first-order valence-corrected chi connectivity index (χ1v) is 7.65. The van der Waals surface area contributed by atoms with Crippen LogP contribution in [0.25, 0.3) is 0 Å². The zero-order chi connectivity index (χ0) is 15.7. The number of hydrogen-bond acceptors (Lipinski definition) is 3. The molecule has 0 unspecified atom stereocenters. The predicted octanol–water partition coefficient (Wildman–Crippen LogP) is 3.08. The molecule has 0 aliphatic carbocycles. The maximum atomic E-state index is 12.1. The third-order valence-electron chi connectivity index (χ3n) is 3.00. The molecule has 0 aromatic heterocycles. The maximum Gasteiger partial charge on any atom is 0.261 e. The van der Waals surface area contributed by atoms with Crippen LogP contribution in [0, 0.1) is 6.92 Å². The number of rotatable bonds is 9.